The lowest BCUT2D eigenvalue weighted by atomic mass is 9.89. The molecule has 2 atom stereocenters. The van der Waals surface area contributed by atoms with Gasteiger partial charge in [-0.25, -0.2) is 0 Å². The minimum atomic E-state index is -1.04. The highest BCUT2D eigenvalue weighted by atomic mass is 28.3. The Labute approximate surface area is 186 Å². The van der Waals surface area contributed by atoms with Crippen LogP contribution in [0.4, 0.5) is 0 Å². The lowest BCUT2D eigenvalue weighted by Crippen LogP contribution is -2.24. The molecule has 0 saturated heterocycles. The van der Waals surface area contributed by atoms with E-state index in [1.165, 1.54) is 31.9 Å². The Kier molecular flexibility index (Phi) is 10.8. The summed E-state index contributed by atoms with van der Waals surface area (Å²) in [5.41, 5.74) is 3.05. The van der Waals surface area contributed by atoms with Crippen molar-refractivity contribution < 1.29 is 19.1 Å². The molecule has 2 aliphatic rings. The van der Waals surface area contributed by atoms with E-state index < -0.39 is 16.1 Å². The molecule has 2 aliphatic carbocycles. The quantitative estimate of drug-likeness (QED) is 0.264. The van der Waals surface area contributed by atoms with Gasteiger partial charge in [0.1, 0.15) is 0 Å². The minimum Gasteiger partial charge on any atom is -0.469 e. The van der Waals surface area contributed by atoms with Crippen LogP contribution in [-0.2, 0) is 19.1 Å². The molecule has 0 aromatic carbocycles. The zero-order valence-electron chi connectivity index (χ0n) is 20.6. The highest BCUT2D eigenvalue weighted by Gasteiger charge is 2.26. The summed E-state index contributed by atoms with van der Waals surface area (Å²) >= 11 is 0. The number of carbonyl (C=O) groups is 2. The van der Waals surface area contributed by atoms with Crippen molar-refractivity contribution in [2.24, 2.45) is 11.8 Å². The molecule has 0 saturated carbocycles. The molecule has 0 N–H and O–H groups in total. The Morgan fingerprint density at radius 2 is 1.37 bits per heavy atom. The molecule has 172 valence electrons. The third kappa shape index (κ3) is 10.8. The summed E-state index contributed by atoms with van der Waals surface area (Å²) in [6, 6.07) is 2.50. The lowest BCUT2D eigenvalue weighted by molar-refractivity contribution is -0.146. The van der Waals surface area contributed by atoms with Gasteiger partial charge in [-0.2, -0.15) is 0 Å². The highest BCUT2D eigenvalue weighted by molar-refractivity contribution is 6.77. The Balaban J connectivity index is 0.000000300. The van der Waals surface area contributed by atoms with Gasteiger partial charge in [-0.1, -0.05) is 62.6 Å². The fourth-order valence-electron chi connectivity index (χ4n) is 4.29. The first-order valence-electron chi connectivity index (χ1n) is 11.4. The van der Waals surface area contributed by atoms with Gasteiger partial charge in [-0.05, 0) is 50.6 Å². The highest BCUT2D eigenvalue weighted by Crippen LogP contribution is 2.31. The number of carbonyl (C=O) groups excluding carboxylic acids is 2. The standard InChI is InChI=1S/2C12H22O2Si/c1-14-12(13)11-7-5-10(6-8-11)9-15(2,3)4;1-14-12(13)11-7-5-6-10(8-11)9-15(2,3)4/h5,11H,6-9H2,1-4H3;6,11H,5,7-9H2,1-4H3. The Morgan fingerprint density at radius 3 is 1.83 bits per heavy atom. The molecule has 0 aliphatic heterocycles. The van der Waals surface area contributed by atoms with E-state index >= 15 is 0 Å². The smallest absolute Gasteiger partial charge is 0.308 e. The topological polar surface area (TPSA) is 52.6 Å². The molecule has 6 heteroatoms. The van der Waals surface area contributed by atoms with Gasteiger partial charge < -0.3 is 9.47 Å². The van der Waals surface area contributed by atoms with Gasteiger partial charge in [0, 0.05) is 16.1 Å². The van der Waals surface area contributed by atoms with Crippen molar-refractivity contribution in [1.82, 2.24) is 0 Å². The van der Waals surface area contributed by atoms with Crippen molar-refractivity contribution >= 4 is 28.1 Å². The van der Waals surface area contributed by atoms with Crippen LogP contribution < -0.4 is 0 Å². The van der Waals surface area contributed by atoms with Crippen molar-refractivity contribution in [2.75, 3.05) is 14.2 Å². The van der Waals surface area contributed by atoms with Crippen LogP contribution in [0.3, 0.4) is 0 Å². The molecule has 0 aromatic heterocycles. The Hall–Kier alpha value is -1.15. The number of hydrogen-bond donors (Lipinski definition) is 0. The Morgan fingerprint density at radius 1 is 0.833 bits per heavy atom. The van der Waals surface area contributed by atoms with Gasteiger partial charge in [0.25, 0.3) is 0 Å². The maximum atomic E-state index is 11.4. The van der Waals surface area contributed by atoms with E-state index in [0.717, 1.165) is 38.5 Å². The maximum Gasteiger partial charge on any atom is 0.308 e. The summed E-state index contributed by atoms with van der Waals surface area (Å²) < 4.78 is 9.58. The van der Waals surface area contributed by atoms with Crippen molar-refractivity contribution in [3.8, 4) is 0 Å². The number of hydrogen-bond acceptors (Lipinski definition) is 4. The first kappa shape index (κ1) is 26.9. The minimum absolute atomic E-state index is 0.0313. The third-order valence-electron chi connectivity index (χ3n) is 5.55. The van der Waals surface area contributed by atoms with Crippen LogP contribution >= 0.6 is 0 Å². The van der Waals surface area contributed by atoms with Crippen LogP contribution in [0.15, 0.2) is 23.3 Å². The molecule has 0 heterocycles. The average molecular weight is 453 g/mol. The van der Waals surface area contributed by atoms with E-state index in [1.54, 1.807) is 5.57 Å². The molecule has 0 amide bonds. The van der Waals surface area contributed by atoms with Crippen LogP contribution in [0.2, 0.25) is 51.4 Å². The fraction of sp³-hybridized carbons (Fsp3) is 0.750. The number of ether oxygens (including phenoxy) is 2. The summed E-state index contributed by atoms with van der Waals surface area (Å²) in [5, 5.41) is 0. The maximum absolute atomic E-state index is 11.4. The summed E-state index contributed by atoms with van der Waals surface area (Å²) in [5.74, 6) is 0.154. The molecule has 0 radical (unpaired) electrons. The molecule has 2 rings (SSSR count). The Bertz CT molecular complexity index is 639. The first-order valence-corrected chi connectivity index (χ1v) is 18.8. The van der Waals surface area contributed by atoms with E-state index in [-0.39, 0.29) is 23.8 Å². The van der Waals surface area contributed by atoms with Crippen LogP contribution in [0, 0.1) is 11.8 Å². The van der Waals surface area contributed by atoms with Crippen molar-refractivity contribution in [3.63, 3.8) is 0 Å². The van der Waals surface area contributed by atoms with E-state index in [0.29, 0.717) is 0 Å². The van der Waals surface area contributed by atoms with E-state index in [1.807, 2.05) is 0 Å². The van der Waals surface area contributed by atoms with Crippen molar-refractivity contribution in [3.05, 3.63) is 23.3 Å². The molecule has 0 fully saturated rings. The van der Waals surface area contributed by atoms with Gasteiger partial charge in [-0.15, -0.1) is 0 Å². The van der Waals surface area contributed by atoms with Crippen LogP contribution in [0.25, 0.3) is 0 Å². The van der Waals surface area contributed by atoms with Gasteiger partial charge >= 0.3 is 11.9 Å². The molecule has 0 aromatic rings. The molecule has 0 spiro atoms. The second-order valence-electron chi connectivity index (χ2n) is 11.2. The predicted octanol–water partition coefficient (Wildman–Crippen LogP) is 6.45. The normalized spacial score (nSPS) is 22.1. The van der Waals surface area contributed by atoms with E-state index in [4.69, 9.17) is 9.47 Å². The second kappa shape index (κ2) is 12.0. The number of rotatable bonds is 6. The average Bonchev–Trinajstić information content (AvgIpc) is 2.65. The van der Waals surface area contributed by atoms with Crippen LogP contribution in [0.1, 0.15) is 38.5 Å². The molecular weight excluding hydrogens is 408 g/mol. The third-order valence-corrected chi connectivity index (χ3v) is 8.58. The van der Waals surface area contributed by atoms with Gasteiger partial charge in [0.15, 0.2) is 0 Å². The summed E-state index contributed by atoms with van der Waals surface area (Å²) in [6.45, 7) is 14.3. The van der Waals surface area contributed by atoms with Crippen LogP contribution in [-0.4, -0.2) is 42.3 Å². The van der Waals surface area contributed by atoms with Gasteiger partial charge in [-0.3, -0.25) is 9.59 Å². The number of methoxy groups -OCH3 is 2. The number of allylic oxidation sites excluding steroid dienone is 4. The van der Waals surface area contributed by atoms with Gasteiger partial charge in [0.05, 0.1) is 26.1 Å². The molecule has 2 unspecified atom stereocenters. The SMILES string of the molecule is COC(=O)C1CC=C(C[Si](C)(C)C)CC1.COC(=O)C1CCC=C(C[Si](C)(C)C)C1. The van der Waals surface area contributed by atoms with Crippen LogP contribution in [0.5, 0.6) is 0 Å². The summed E-state index contributed by atoms with van der Waals surface area (Å²) in [6.07, 6.45) is 10.5. The summed E-state index contributed by atoms with van der Waals surface area (Å²) in [7, 11) is 0.935. The first-order chi connectivity index (χ1) is 13.8. The lowest BCUT2D eigenvalue weighted by Gasteiger charge is -2.25. The van der Waals surface area contributed by atoms with Gasteiger partial charge in [0.2, 0.25) is 0 Å². The molecule has 0 bridgehead atoms. The molecule has 30 heavy (non-hydrogen) atoms. The van der Waals surface area contributed by atoms with Crippen molar-refractivity contribution in [2.45, 2.75) is 89.9 Å². The fourth-order valence-corrected chi connectivity index (χ4v) is 7.63. The zero-order valence-corrected chi connectivity index (χ0v) is 22.6. The van der Waals surface area contributed by atoms with Crippen molar-refractivity contribution in [1.29, 1.82) is 0 Å². The second-order valence-corrected chi connectivity index (χ2v) is 22.1. The monoisotopic (exact) mass is 452 g/mol. The van der Waals surface area contributed by atoms with E-state index in [9.17, 15) is 9.59 Å². The molecule has 4 nitrogen and oxygen atoms in total. The zero-order chi connectivity index (χ0) is 22.9. The van der Waals surface area contributed by atoms with E-state index in [2.05, 4.69) is 51.4 Å². The molecular formula is C24H44O4Si2. The number of esters is 2. The predicted molar refractivity (Wildman–Crippen MR) is 131 cm³/mol. The largest absolute Gasteiger partial charge is 0.469 e. The summed E-state index contributed by atoms with van der Waals surface area (Å²) in [4.78, 5) is 22.8.